The third-order valence-corrected chi connectivity index (χ3v) is 1.95. The van der Waals surface area contributed by atoms with Gasteiger partial charge in [-0.15, -0.1) is 0 Å². The van der Waals surface area contributed by atoms with E-state index in [1.54, 1.807) is 24.3 Å². The first kappa shape index (κ1) is 14.3. The minimum absolute atomic E-state index is 0. The van der Waals surface area contributed by atoms with Crippen LogP contribution in [0.3, 0.4) is 0 Å². The molecule has 0 heterocycles. The van der Waals surface area contributed by atoms with Gasteiger partial charge in [0.1, 0.15) is 5.75 Å². The minimum atomic E-state index is -1.23. The average molecular weight is 245 g/mol. The van der Waals surface area contributed by atoms with Crippen molar-refractivity contribution >= 4 is 34.9 Å². The molecule has 0 saturated carbocycles. The zero-order valence-corrected chi connectivity index (χ0v) is 8.71. The van der Waals surface area contributed by atoms with Crippen LogP contribution in [0.5, 0.6) is 5.75 Å². The van der Waals surface area contributed by atoms with Crippen molar-refractivity contribution in [1.82, 2.24) is 0 Å². The summed E-state index contributed by atoms with van der Waals surface area (Å²) >= 11 is 5.67. The van der Waals surface area contributed by atoms with Crippen molar-refractivity contribution < 1.29 is 14.6 Å². The standard InChI is InChI=1S/C10H11ClO3.Al.3H/c1-10(2,9(12)13)14-8-5-3-7(11)4-6-8;;;;/h3-6H,1-2H3,(H,12,13);;;;. The van der Waals surface area contributed by atoms with Crippen molar-refractivity contribution in [2.45, 2.75) is 19.4 Å². The molecule has 1 N–H and O–H groups in total. The molecule has 0 radical (unpaired) electrons. The number of ether oxygens (including phenoxy) is 1. The molecular formula is C10H14AlClO3. The highest BCUT2D eigenvalue weighted by Gasteiger charge is 2.29. The normalized spacial score (nSPS) is 10.3. The van der Waals surface area contributed by atoms with E-state index in [0.717, 1.165) is 0 Å². The number of hydrogen-bond acceptors (Lipinski definition) is 2. The van der Waals surface area contributed by atoms with Crippen molar-refractivity contribution in [2.75, 3.05) is 0 Å². The van der Waals surface area contributed by atoms with Crippen LogP contribution in [0.4, 0.5) is 0 Å². The van der Waals surface area contributed by atoms with Crippen LogP contribution in [-0.4, -0.2) is 34.0 Å². The van der Waals surface area contributed by atoms with Crippen molar-refractivity contribution in [1.29, 1.82) is 0 Å². The van der Waals surface area contributed by atoms with Gasteiger partial charge >= 0.3 is 5.97 Å². The highest BCUT2D eigenvalue weighted by molar-refractivity contribution is 6.30. The van der Waals surface area contributed by atoms with E-state index in [4.69, 9.17) is 21.4 Å². The van der Waals surface area contributed by atoms with Crippen LogP contribution >= 0.6 is 11.6 Å². The molecule has 0 aromatic heterocycles. The maximum absolute atomic E-state index is 10.7. The Kier molecular flexibility index (Phi) is 5.16. The summed E-state index contributed by atoms with van der Waals surface area (Å²) < 4.78 is 5.26. The summed E-state index contributed by atoms with van der Waals surface area (Å²) in [6.45, 7) is 2.98. The van der Waals surface area contributed by atoms with Crippen LogP contribution in [0.1, 0.15) is 13.8 Å². The second kappa shape index (κ2) is 5.41. The van der Waals surface area contributed by atoms with E-state index in [2.05, 4.69) is 0 Å². The van der Waals surface area contributed by atoms with Gasteiger partial charge in [0.25, 0.3) is 0 Å². The summed E-state index contributed by atoms with van der Waals surface area (Å²) in [7, 11) is 0. The molecule has 0 aliphatic carbocycles. The smallest absolute Gasteiger partial charge is 0.347 e. The van der Waals surface area contributed by atoms with Gasteiger partial charge in [-0.1, -0.05) is 11.6 Å². The van der Waals surface area contributed by atoms with Gasteiger partial charge in [0, 0.05) is 5.02 Å². The van der Waals surface area contributed by atoms with Gasteiger partial charge < -0.3 is 9.84 Å². The molecule has 82 valence electrons. The molecule has 0 aliphatic heterocycles. The summed E-state index contributed by atoms with van der Waals surface area (Å²) in [5.41, 5.74) is -1.23. The van der Waals surface area contributed by atoms with Gasteiger partial charge in [0.15, 0.2) is 23.0 Å². The van der Waals surface area contributed by atoms with Crippen molar-refractivity contribution in [3.8, 4) is 5.75 Å². The van der Waals surface area contributed by atoms with E-state index in [-0.39, 0.29) is 17.4 Å². The Morgan fingerprint density at radius 2 is 1.80 bits per heavy atom. The molecule has 0 atom stereocenters. The third-order valence-electron chi connectivity index (χ3n) is 1.70. The van der Waals surface area contributed by atoms with Crippen molar-refractivity contribution in [2.24, 2.45) is 0 Å². The molecule has 0 bridgehead atoms. The fraction of sp³-hybridized carbons (Fsp3) is 0.300. The fourth-order valence-electron chi connectivity index (χ4n) is 0.841. The van der Waals surface area contributed by atoms with Gasteiger partial charge in [-0.2, -0.15) is 0 Å². The molecule has 0 fully saturated rings. The number of benzene rings is 1. The van der Waals surface area contributed by atoms with Gasteiger partial charge in [-0.25, -0.2) is 4.79 Å². The monoisotopic (exact) mass is 244 g/mol. The lowest BCUT2D eigenvalue weighted by molar-refractivity contribution is -0.152. The van der Waals surface area contributed by atoms with Gasteiger partial charge in [0.05, 0.1) is 0 Å². The number of rotatable bonds is 3. The molecule has 0 aliphatic rings. The summed E-state index contributed by atoms with van der Waals surface area (Å²) in [5, 5.41) is 9.39. The maximum Gasteiger partial charge on any atom is 0.347 e. The van der Waals surface area contributed by atoms with Crippen LogP contribution in [0.2, 0.25) is 5.02 Å². The second-order valence-corrected chi connectivity index (χ2v) is 3.81. The molecule has 3 nitrogen and oxygen atoms in total. The van der Waals surface area contributed by atoms with E-state index in [1.165, 1.54) is 13.8 Å². The Balaban J connectivity index is 0.00000196. The molecule has 0 unspecified atom stereocenters. The van der Waals surface area contributed by atoms with Crippen LogP contribution in [0, 0.1) is 0 Å². The van der Waals surface area contributed by atoms with E-state index >= 15 is 0 Å². The summed E-state index contributed by atoms with van der Waals surface area (Å²) in [6.07, 6.45) is 0. The zero-order valence-electron chi connectivity index (χ0n) is 7.95. The lowest BCUT2D eigenvalue weighted by Gasteiger charge is -2.21. The van der Waals surface area contributed by atoms with E-state index in [0.29, 0.717) is 10.8 Å². The zero-order chi connectivity index (χ0) is 10.8. The number of carboxylic acids is 1. The second-order valence-electron chi connectivity index (χ2n) is 3.37. The van der Waals surface area contributed by atoms with E-state index in [9.17, 15) is 4.79 Å². The topological polar surface area (TPSA) is 46.5 Å². The molecule has 15 heavy (non-hydrogen) atoms. The Bertz CT molecular complexity index is 335. The molecule has 0 spiro atoms. The van der Waals surface area contributed by atoms with Crippen LogP contribution in [0.25, 0.3) is 0 Å². The Morgan fingerprint density at radius 3 is 2.20 bits per heavy atom. The molecule has 0 amide bonds. The number of hydrogen-bond donors (Lipinski definition) is 1. The van der Waals surface area contributed by atoms with Gasteiger partial charge in [-0.05, 0) is 38.1 Å². The summed E-state index contributed by atoms with van der Waals surface area (Å²) in [4.78, 5) is 10.7. The predicted octanol–water partition coefficient (Wildman–Crippen LogP) is 1.40. The van der Waals surface area contributed by atoms with Gasteiger partial charge in [-0.3, -0.25) is 0 Å². The van der Waals surface area contributed by atoms with Crippen LogP contribution in [-0.2, 0) is 4.79 Å². The van der Waals surface area contributed by atoms with E-state index < -0.39 is 11.6 Å². The molecule has 5 heteroatoms. The van der Waals surface area contributed by atoms with Gasteiger partial charge in [0.2, 0.25) is 0 Å². The lowest BCUT2D eigenvalue weighted by atomic mass is 10.1. The predicted molar refractivity (Wildman–Crippen MR) is 63.7 cm³/mol. The summed E-state index contributed by atoms with van der Waals surface area (Å²) in [6, 6.07) is 6.56. The summed E-state index contributed by atoms with van der Waals surface area (Å²) in [5.74, 6) is -0.519. The Hall–Kier alpha value is -0.688. The quantitative estimate of drug-likeness (QED) is 0.818. The first-order valence-electron chi connectivity index (χ1n) is 4.10. The first-order valence-corrected chi connectivity index (χ1v) is 4.47. The van der Waals surface area contributed by atoms with E-state index in [1.807, 2.05) is 0 Å². The first-order chi connectivity index (χ1) is 6.42. The van der Waals surface area contributed by atoms with Crippen molar-refractivity contribution in [3.05, 3.63) is 29.3 Å². The molecule has 1 aromatic rings. The molecular weight excluding hydrogens is 231 g/mol. The SMILES string of the molecule is CC(C)(Oc1ccc(Cl)cc1)C(=O)O.[AlH3]. The maximum atomic E-state index is 10.7. The average Bonchev–Trinajstić information content (AvgIpc) is 2.08. The fourth-order valence-corrected chi connectivity index (χ4v) is 0.967. The Labute approximate surface area is 104 Å². The highest BCUT2D eigenvalue weighted by Crippen LogP contribution is 2.20. The molecule has 0 saturated heterocycles. The van der Waals surface area contributed by atoms with Crippen LogP contribution in [0.15, 0.2) is 24.3 Å². The Morgan fingerprint density at radius 1 is 1.33 bits per heavy atom. The highest BCUT2D eigenvalue weighted by atomic mass is 35.5. The third kappa shape index (κ3) is 4.13. The lowest BCUT2D eigenvalue weighted by Crippen LogP contribution is -2.37. The largest absolute Gasteiger partial charge is 0.478 e. The molecule has 1 aromatic carbocycles. The number of halogens is 1. The number of aliphatic carboxylic acids is 1. The minimum Gasteiger partial charge on any atom is -0.478 e. The van der Waals surface area contributed by atoms with Crippen LogP contribution < -0.4 is 4.74 Å². The number of carboxylic acid groups (broad SMARTS) is 1. The molecule has 1 rings (SSSR count). The number of carbonyl (C=O) groups is 1. The van der Waals surface area contributed by atoms with Crippen molar-refractivity contribution in [3.63, 3.8) is 0 Å².